The van der Waals surface area contributed by atoms with E-state index in [-0.39, 0.29) is 28.3 Å². The molecule has 3 heterocycles. The second kappa shape index (κ2) is 10.7. The summed E-state index contributed by atoms with van der Waals surface area (Å²) in [5.41, 5.74) is 0.206. The SMILES string of the molecule is COc1ccc(S(=O)(=O)N2C(=O)C(CCCN3CCNCC3)(c3ccccc3F)c3nc(C)ccc32)cc1C. The van der Waals surface area contributed by atoms with E-state index in [4.69, 9.17) is 9.72 Å². The topological polar surface area (TPSA) is 91.8 Å². The van der Waals surface area contributed by atoms with Crippen LogP contribution >= 0.6 is 0 Å². The second-order valence-electron chi connectivity index (χ2n) is 10.1. The number of carbonyl (C=O) groups excluding carboxylic acids is 1. The molecule has 1 unspecified atom stereocenters. The lowest BCUT2D eigenvalue weighted by Gasteiger charge is -2.31. The molecule has 1 N–H and O–H groups in total. The fourth-order valence-corrected chi connectivity index (χ4v) is 7.24. The zero-order valence-electron chi connectivity index (χ0n) is 22.4. The van der Waals surface area contributed by atoms with Gasteiger partial charge in [-0.15, -0.1) is 0 Å². The standard InChI is InChI=1S/C29H33FN4O4S/c1-20-19-22(10-12-26(20)38-3)39(36,37)34-25-11-9-21(2)32-27(25)29(28(34)35,23-7-4-5-8-24(23)30)13-6-16-33-17-14-31-15-18-33/h4-5,7-12,19,31H,6,13-18H2,1-3H3. The molecule has 1 aromatic heterocycles. The first-order valence-corrected chi connectivity index (χ1v) is 14.5. The molecule has 8 nitrogen and oxygen atoms in total. The number of ether oxygens (including phenoxy) is 1. The van der Waals surface area contributed by atoms with Crippen molar-refractivity contribution in [3.8, 4) is 5.75 Å². The summed E-state index contributed by atoms with van der Waals surface area (Å²) < 4.78 is 49.9. The third-order valence-electron chi connectivity index (χ3n) is 7.66. The minimum absolute atomic E-state index is 0.0502. The number of hydrogen-bond donors (Lipinski definition) is 1. The van der Waals surface area contributed by atoms with Gasteiger partial charge in [-0.2, -0.15) is 4.31 Å². The van der Waals surface area contributed by atoms with Crippen LogP contribution in [-0.4, -0.2) is 64.0 Å². The highest BCUT2D eigenvalue weighted by atomic mass is 32.2. The predicted molar refractivity (Wildman–Crippen MR) is 147 cm³/mol. The Bertz CT molecular complexity index is 1510. The summed E-state index contributed by atoms with van der Waals surface area (Å²) in [6, 6.07) is 13.8. The van der Waals surface area contributed by atoms with Crippen LogP contribution in [0.5, 0.6) is 5.75 Å². The summed E-state index contributed by atoms with van der Waals surface area (Å²) >= 11 is 0. The maximum Gasteiger partial charge on any atom is 0.271 e. The van der Waals surface area contributed by atoms with Gasteiger partial charge in [-0.3, -0.25) is 9.78 Å². The molecule has 206 valence electrons. The number of nitrogens with one attached hydrogen (secondary N) is 1. The largest absolute Gasteiger partial charge is 0.496 e. The molecule has 2 aliphatic heterocycles. The first-order chi connectivity index (χ1) is 18.7. The van der Waals surface area contributed by atoms with Crippen LogP contribution in [0.4, 0.5) is 10.1 Å². The summed E-state index contributed by atoms with van der Waals surface area (Å²) in [7, 11) is -2.84. The number of pyridine rings is 1. The van der Waals surface area contributed by atoms with Gasteiger partial charge in [0.05, 0.1) is 23.4 Å². The number of benzene rings is 2. The Kier molecular flexibility index (Phi) is 7.45. The highest BCUT2D eigenvalue weighted by Gasteiger charge is 2.57. The van der Waals surface area contributed by atoms with Gasteiger partial charge in [-0.1, -0.05) is 18.2 Å². The van der Waals surface area contributed by atoms with Crippen LogP contribution in [0.3, 0.4) is 0 Å². The van der Waals surface area contributed by atoms with Crippen molar-refractivity contribution < 1.29 is 22.3 Å². The van der Waals surface area contributed by atoms with E-state index < -0.39 is 27.2 Å². The highest BCUT2D eigenvalue weighted by molar-refractivity contribution is 7.93. The molecule has 0 saturated carbocycles. The van der Waals surface area contributed by atoms with Gasteiger partial charge in [0.15, 0.2) is 0 Å². The minimum atomic E-state index is -4.35. The lowest BCUT2D eigenvalue weighted by molar-refractivity contribution is -0.121. The van der Waals surface area contributed by atoms with Crippen molar-refractivity contribution in [2.45, 2.75) is 37.0 Å². The van der Waals surface area contributed by atoms with E-state index in [1.54, 1.807) is 50.2 Å². The van der Waals surface area contributed by atoms with Gasteiger partial charge in [-0.25, -0.2) is 12.8 Å². The van der Waals surface area contributed by atoms with Crippen LogP contribution in [0.25, 0.3) is 0 Å². The number of hydrogen-bond acceptors (Lipinski definition) is 7. The summed E-state index contributed by atoms with van der Waals surface area (Å²) in [5.74, 6) is -0.746. The highest BCUT2D eigenvalue weighted by Crippen LogP contribution is 2.50. The van der Waals surface area contributed by atoms with Crippen LogP contribution in [0.15, 0.2) is 59.5 Å². The number of sulfonamides is 1. The number of nitrogens with zero attached hydrogens (tertiary/aromatic N) is 3. The summed E-state index contributed by atoms with van der Waals surface area (Å²) in [5, 5.41) is 3.33. The molecular formula is C29H33FN4O4S. The Hall–Kier alpha value is -3.34. The lowest BCUT2D eigenvalue weighted by atomic mass is 9.74. The van der Waals surface area contributed by atoms with Gasteiger partial charge in [0.2, 0.25) is 0 Å². The van der Waals surface area contributed by atoms with Gasteiger partial charge < -0.3 is 15.0 Å². The molecule has 1 saturated heterocycles. The number of methoxy groups -OCH3 is 1. The smallest absolute Gasteiger partial charge is 0.271 e. The summed E-state index contributed by atoms with van der Waals surface area (Å²) in [6.07, 6.45) is 0.776. The number of rotatable bonds is 8. The molecule has 1 fully saturated rings. The molecule has 10 heteroatoms. The Morgan fingerprint density at radius 3 is 2.51 bits per heavy atom. The number of amides is 1. The number of fused-ring (bicyclic) bond motifs is 1. The van der Waals surface area contributed by atoms with E-state index in [9.17, 15) is 13.2 Å². The van der Waals surface area contributed by atoms with Crippen molar-refractivity contribution in [1.29, 1.82) is 0 Å². The van der Waals surface area contributed by atoms with Crippen molar-refractivity contribution in [2.75, 3.05) is 44.1 Å². The van der Waals surface area contributed by atoms with Crippen molar-refractivity contribution in [3.63, 3.8) is 0 Å². The van der Waals surface area contributed by atoms with Gasteiger partial charge in [0.25, 0.3) is 15.9 Å². The predicted octanol–water partition coefficient (Wildman–Crippen LogP) is 3.55. The van der Waals surface area contributed by atoms with E-state index in [0.29, 0.717) is 30.0 Å². The molecule has 0 spiro atoms. The molecule has 1 atom stereocenters. The van der Waals surface area contributed by atoms with E-state index in [2.05, 4.69) is 10.2 Å². The average Bonchev–Trinajstić information content (AvgIpc) is 3.17. The maximum atomic E-state index is 15.5. The molecule has 0 bridgehead atoms. The first kappa shape index (κ1) is 27.2. The zero-order valence-corrected chi connectivity index (χ0v) is 23.2. The van der Waals surface area contributed by atoms with Crippen LogP contribution < -0.4 is 14.4 Å². The maximum absolute atomic E-state index is 15.5. The Morgan fingerprint density at radius 2 is 1.82 bits per heavy atom. The second-order valence-corrected chi connectivity index (χ2v) is 11.9. The molecule has 1 amide bonds. The number of carbonyl (C=O) groups is 1. The first-order valence-electron chi connectivity index (χ1n) is 13.1. The minimum Gasteiger partial charge on any atom is -0.496 e. The van der Waals surface area contributed by atoms with Crippen LogP contribution in [0.1, 0.15) is 35.4 Å². The Labute approximate surface area is 228 Å². The summed E-state index contributed by atoms with van der Waals surface area (Å²) in [4.78, 5) is 21.5. The van der Waals surface area contributed by atoms with E-state index >= 15 is 4.39 Å². The Morgan fingerprint density at radius 1 is 1.08 bits per heavy atom. The lowest BCUT2D eigenvalue weighted by Crippen LogP contribution is -2.46. The van der Waals surface area contributed by atoms with Gasteiger partial charge in [0, 0.05) is 37.4 Å². The summed E-state index contributed by atoms with van der Waals surface area (Å²) in [6.45, 7) is 7.75. The van der Waals surface area contributed by atoms with Gasteiger partial charge in [-0.05, 0) is 75.2 Å². The van der Waals surface area contributed by atoms with Crippen molar-refractivity contribution in [3.05, 3.63) is 82.9 Å². The van der Waals surface area contributed by atoms with Crippen molar-refractivity contribution in [1.82, 2.24) is 15.2 Å². The van der Waals surface area contributed by atoms with Crippen molar-refractivity contribution in [2.24, 2.45) is 0 Å². The molecule has 2 aliphatic rings. The fourth-order valence-electron chi connectivity index (χ4n) is 5.68. The van der Waals surface area contributed by atoms with Crippen LogP contribution in [0, 0.1) is 19.7 Å². The number of halogens is 1. The molecular weight excluding hydrogens is 519 g/mol. The molecule has 39 heavy (non-hydrogen) atoms. The molecule has 0 radical (unpaired) electrons. The number of anilines is 1. The fraction of sp³-hybridized carbons (Fsp3) is 0.379. The van der Waals surface area contributed by atoms with E-state index in [1.807, 2.05) is 0 Å². The number of aryl methyl sites for hydroxylation is 2. The molecule has 2 aromatic carbocycles. The van der Waals surface area contributed by atoms with Crippen LogP contribution in [-0.2, 0) is 20.2 Å². The van der Waals surface area contributed by atoms with Crippen LogP contribution in [0.2, 0.25) is 0 Å². The van der Waals surface area contributed by atoms with Crippen molar-refractivity contribution >= 4 is 21.6 Å². The normalized spacial score (nSPS) is 19.8. The molecule has 5 rings (SSSR count). The Balaban J connectivity index is 1.65. The monoisotopic (exact) mass is 552 g/mol. The number of piperazine rings is 1. The average molecular weight is 553 g/mol. The number of aromatic nitrogens is 1. The van der Waals surface area contributed by atoms with E-state index in [1.165, 1.54) is 25.3 Å². The van der Waals surface area contributed by atoms with Gasteiger partial charge >= 0.3 is 0 Å². The quantitative estimate of drug-likeness (QED) is 0.457. The zero-order chi connectivity index (χ0) is 27.8. The molecule has 0 aliphatic carbocycles. The third kappa shape index (κ3) is 4.70. The molecule has 3 aromatic rings. The van der Waals surface area contributed by atoms with E-state index in [0.717, 1.165) is 30.5 Å². The van der Waals surface area contributed by atoms with Gasteiger partial charge in [0.1, 0.15) is 17.0 Å². The third-order valence-corrected chi connectivity index (χ3v) is 9.35.